The second kappa shape index (κ2) is 11.4. The predicted molar refractivity (Wildman–Crippen MR) is 142 cm³/mol. The molecule has 0 bridgehead atoms. The molecule has 2 atom stereocenters. The first-order valence-electron chi connectivity index (χ1n) is 12.8. The number of nitrogens with one attached hydrogen (secondary N) is 2. The average Bonchev–Trinajstić information content (AvgIpc) is 3.26. The zero-order valence-electron chi connectivity index (χ0n) is 21.6. The highest BCUT2D eigenvalue weighted by Gasteiger charge is 2.53. The van der Waals surface area contributed by atoms with Crippen LogP contribution in [0.3, 0.4) is 0 Å². The summed E-state index contributed by atoms with van der Waals surface area (Å²) in [6.45, 7) is 8.18. The Hall–Kier alpha value is -3.28. The van der Waals surface area contributed by atoms with E-state index in [-0.39, 0.29) is 11.9 Å². The van der Waals surface area contributed by atoms with Crippen LogP contribution in [-0.4, -0.2) is 96.3 Å². The summed E-state index contributed by atoms with van der Waals surface area (Å²) in [5.41, 5.74) is 12.9. The Morgan fingerprint density at radius 2 is 1.70 bits per heavy atom. The number of rotatable bonds is 8. The van der Waals surface area contributed by atoms with Gasteiger partial charge in [-0.1, -0.05) is 12.1 Å². The number of aliphatic imine (C=N–C) groups is 1. The molecule has 200 valence electrons. The van der Waals surface area contributed by atoms with Crippen molar-refractivity contribution in [3.63, 3.8) is 0 Å². The maximum absolute atomic E-state index is 12.9. The fourth-order valence-corrected chi connectivity index (χ4v) is 4.99. The van der Waals surface area contributed by atoms with Gasteiger partial charge in [-0.25, -0.2) is 9.79 Å². The van der Waals surface area contributed by atoms with Gasteiger partial charge in [0.25, 0.3) is 0 Å². The zero-order valence-corrected chi connectivity index (χ0v) is 21.6. The Bertz CT molecular complexity index is 1030. The van der Waals surface area contributed by atoms with Crippen LogP contribution in [0.4, 0.5) is 10.5 Å². The van der Waals surface area contributed by atoms with E-state index in [1.165, 1.54) is 17.8 Å². The third kappa shape index (κ3) is 6.94. The largest absolute Gasteiger partial charge is 0.338 e. The number of piperidine rings is 1. The van der Waals surface area contributed by atoms with Crippen LogP contribution in [0, 0.1) is 11.8 Å². The minimum Gasteiger partial charge on any atom is -0.338 e. The van der Waals surface area contributed by atoms with Crippen LogP contribution in [0.5, 0.6) is 0 Å². The normalized spacial score (nSPS) is 24.2. The van der Waals surface area contributed by atoms with Gasteiger partial charge in [0, 0.05) is 58.1 Å². The van der Waals surface area contributed by atoms with E-state index in [0.717, 1.165) is 26.1 Å². The molecule has 0 spiro atoms. The second-order valence-corrected chi connectivity index (χ2v) is 10.6. The molecule has 4 rings (SSSR count). The minimum atomic E-state index is -0.946. The fourth-order valence-electron chi connectivity index (χ4n) is 4.99. The van der Waals surface area contributed by atoms with Crippen molar-refractivity contribution in [1.82, 2.24) is 25.3 Å². The molecule has 4 amide bonds. The minimum absolute atomic E-state index is 0.137. The van der Waals surface area contributed by atoms with Gasteiger partial charge in [-0.15, -0.1) is 0 Å². The summed E-state index contributed by atoms with van der Waals surface area (Å²) in [6, 6.07) is 8.01. The van der Waals surface area contributed by atoms with Gasteiger partial charge in [-0.3, -0.25) is 14.9 Å². The molecule has 1 saturated carbocycles. The van der Waals surface area contributed by atoms with Crippen molar-refractivity contribution >= 4 is 29.9 Å². The third-order valence-corrected chi connectivity index (χ3v) is 7.28. The van der Waals surface area contributed by atoms with Crippen LogP contribution in [0.1, 0.15) is 19.4 Å². The van der Waals surface area contributed by atoms with Crippen molar-refractivity contribution in [3.05, 3.63) is 42.1 Å². The Balaban J connectivity index is 1.32. The molecule has 2 unspecified atom stereocenters. The number of benzene rings is 1. The lowest BCUT2D eigenvalue weighted by molar-refractivity contribution is -0.137. The van der Waals surface area contributed by atoms with Crippen LogP contribution in [0.25, 0.3) is 0 Å². The first-order valence-corrected chi connectivity index (χ1v) is 12.8. The summed E-state index contributed by atoms with van der Waals surface area (Å²) in [6.07, 6.45) is 4.44. The molecular formula is C26H38N8O3. The van der Waals surface area contributed by atoms with Crippen molar-refractivity contribution in [3.8, 4) is 0 Å². The molecule has 11 nitrogen and oxygen atoms in total. The van der Waals surface area contributed by atoms with Gasteiger partial charge in [0.2, 0.25) is 12.3 Å². The van der Waals surface area contributed by atoms with Crippen molar-refractivity contribution in [2.24, 2.45) is 28.3 Å². The molecule has 2 heterocycles. The number of urea groups is 1. The van der Waals surface area contributed by atoms with Gasteiger partial charge in [-0.05, 0) is 55.9 Å². The Labute approximate surface area is 217 Å². The molecule has 1 aromatic rings. The second-order valence-electron chi connectivity index (χ2n) is 10.6. The number of hydrogen-bond donors (Lipinski definition) is 4. The first-order chi connectivity index (χ1) is 17.7. The molecule has 11 heteroatoms. The quantitative estimate of drug-likeness (QED) is 0.220. The van der Waals surface area contributed by atoms with Crippen molar-refractivity contribution in [2.45, 2.75) is 31.8 Å². The lowest BCUT2D eigenvalue weighted by Crippen LogP contribution is -2.59. The lowest BCUT2D eigenvalue weighted by atomic mass is 10.1. The van der Waals surface area contributed by atoms with Gasteiger partial charge in [0.15, 0.2) is 0 Å². The number of piperazine rings is 1. The monoisotopic (exact) mass is 510 g/mol. The summed E-state index contributed by atoms with van der Waals surface area (Å²) in [4.78, 5) is 46.3. The van der Waals surface area contributed by atoms with E-state index in [1.807, 2.05) is 24.3 Å². The number of nitrogens with zero attached hydrogens (tertiary/aromatic N) is 4. The van der Waals surface area contributed by atoms with Gasteiger partial charge in [-0.2, -0.15) is 0 Å². The van der Waals surface area contributed by atoms with Crippen molar-refractivity contribution < 1.29 is 14.4 Å². The number of amidine groups is 1. The van der Waals surface area contributed by atoms with Crippen molar-refractivity contribution in [2.75, 3.05) is 45.8 Å². The highest BCUT2D eigenvalue weighted by atomic mass is 16.2. The molecular weight excluding hydrogens is 472 g/mol. The average molecular weight is 511 g/mol. The number of amides is 4. The molecule has 3 fully saturated rings. The van der Waals surface area contributed by atoms with E-state index in [0.29, 0.717) is 62.0 Å². The number of nitrogens with two attached hydrogens (primary N) is 2. The predicted octanol–water partition coefficient (Wildman–Crippen LogP) is -0.00120. The van der Waals surface area contributed by atoms with Gasteiger partial charge < -0.3 is 31.5 Å². The molecule has 3 aliphatic rings. The van der Waals surface area contributed by atoms with E-state index in [1.54, 1.807) is 23.6 Å². The van der Waals surface area contributed by atoms with Crippen molar-refractivity contribution in [1.29, 1.82) is 0 Å². The van der Waals surface area contributed by atoms with Crippen LogP contribution in [0.2, 0.25) is 0 Å². The molecule has 1 aliphatic carbocycles. The van der Waals surface area contributed by atoms with Crippen LogP contribution in [0.15, 0.2) is 41.5 Å². The highest BCUT2D eigenvalue weighted by molar-refractivity contribution is 6.05. The van der Waals surface area contributed by atoms with E-state index >= 15 is 0 Å². The summed E-state index contributed by atoms with van der Waals surface area (Å²) < 4.78 is 0. The lowest BCUT2D eigenvalue weighted by Gasteiger charge is -2.37. The zero-order chi connectivity index (χ0) is 26.6. The molecule has 2 saturated heterocycles. The highest BCUT2D eigenvalue weighted by Crippen LogP contribution is 2.43. The SMILES string of the molecule is CC(C)(N)C(=O)N1CCN(C(=O)NC(/C=C\NC=O)=Nc2ccc(CCN3CC4C(N)C4C3)cc2)CC1. The molecule has 37 heavy (non-hydrogen) atoms. The molecule has 2 aliphatic heterocycles. The Morgan fingerprint density at radius 3 is 2.30 bits per heavy atom. The topological polar surface area (TPSA) is 149 Å². The van der Waals surface area contributed by atoms with Crippen LogP contribution in [-0.2, 0) is 16.0 Å². The summed E-state index contributed by atoms with van der Waals surface area (Å²) >= 11 is 0. The summed E-state index contributed by atoms with van der Waals surface area (Å²) in [7, 11) is 0. The van der Waals surface area contributed by atoms with Gasteiger partial charge >= 0.3 is 6.03 Å². The summed E-state index contributed by atoms with van der Waals surface area (Å²) in [5.74, 6) is 1.54. The Morgan fingerprint density at radius 1 is 1.08 bits per heavy atom. The van der Waals surface area contributed by atoms with Gasteiger partial charge in [0.05, 0.1) is 11.2 Å². The van der Waals surface area contributed by atoms with E-state index in [4.69, 9.17) is 11.5 Å². The van der Waals surface area contributed by atoms with Crippen LogP contribution >= 0.6 is 0 Å². The maximum Gasteiger partial charge on any atom is 0.323 e. The Kier molecular flexibility index (Phi) is 8.25. The first kappa shape index (κ1) is 26.8. The smallest absolute Gasteiger partial charge is 0.323 e. The molecule has 0 radical (unpaired) electrons. The number of carbonyl (C=O) groups is 3. The molecule has 6 N–H and O–H groups in total. The third-order valence-electron chi connectivity index (χ3n) is 7.28. The fraction of sp³-hybridized carbons (Fsp3) is 0.538. The number of fused-ring (bicyclic) bond motifs is 1. The standard InChI is InChI=1S/C26H38N8O3/c1-26(2,28)24(36)33-11-13-34(14-12-33)25(37)31-22(7-9-29-17-35)30-19-5-3-18(4-6-19)8-10-32-15-20-21(16-32)23(20)27/h3-7,9,17,20-21,23H,8,10-16,27-28H2,1-2H3,(H,29,35)(H,30,31,37)/b9-7-. The van der Waals surface area contributed by atoms with Gasteiger partial charge in [0.1, 0.15) is 5.84 Å². The molecule has 0 aromatic heterocycles. The molecule has 1 aromatic carbocycles. The summed E-state index contributed by atoms with van der Waals surface area (Å²) in [5, 5.41) is 5.24. The number of likely N-dealkylation sites (tertiary alicyclic amines) is 1. The van der Waals surface area contributed by atoms with Crippen LogP contribution < -0.4 is 22.1 Å². The number of carbonyl (C=O) groups excluding carboxylic acids is 3. The van der Waals surface area contributed by atoms with E-state index < -0.39 is 5.54 Å². The maximum atomic E-state index is 12.9. The van der Waals surface area contributed by atoms with E-state index in [2.05, 4.69) is 20.5 Å². The van der Waals surface area contributed by atoms with E-state index in [9.17, 15) is 14.4 Å². The number of hydrogen-bond acceptors (Lipinski definition) is 7.